The Bertz CT molecular complexity index is 1040. The monoisotopic (exact) mass is 392 g/mol. The summed E-state index contributed by atoms with van der Waals surface area (Å²) in [5, 5.41) is 8.86. The molecule has 0 spiro atoms. The first-order valence-corrected chi connectivity index (χ1v) is 10.0. The van der Waals surface area contributed by atoms with Crippen LogP contribution in [0.4, 0.5) is 0 Å². The summed E-state index contributed by atoms with van der Waals surface area (Å²) >= 11 is 5.91. The van der Waals surface area contributed by atoms with Gasteiger partial charge >= 0.3 is 0 Å². The molecule has 1 saturated carbocycles. The molecule has 136 valence electrons. The van der Waals surface area contributed by atoms with Crippen molar-refractivity contribution in [3.05, 3.63) is 53.1 Å². The zero-order valence-electron chi connectivity index (χ0n) is 14.0. The van der Waals surface area contributed by atoms with E-state index in [0.29, 0.717) is 16.4 Å². The number of nitrogens with zero attached hydrogens (tertiary/aromatic N) is 3. The van der Waals surface area contributed by atoms with Gasteiger partial charge in [-0.1, -0.05) is 28.9 Å². The van der Waals surface area contributed by atoms with Gasteiger partial charge in [0.1, 0.15) is 16.9 Å². The van der Waals surface area contributed by atoms with E-state index in [1.54, 1.807) is 25.4 Å². The van der Waals surface area contributed by atoms with Crippen LogP contribution in [0.1, 0.15) is 30.1 Å². The summed E-state index contributed by atoms with van der Waals surface area (Å²) in [6, 6.07) is 7.18. The van der Waals surface area contributed by atoms with Gasteiger partial charge in [-0.2, -0.15) is 5.10 Å². The third-order valence-corrected chi connectivity index (χ3v) is 5.97. The number of benzene rings is 1. The van der Waals surface area contributed by atoms with E-state index in [-0.39, 0.29) is 17.4 Å². The van der Waals surface area contributed by atoms with Crippen molar-refractivity contribution in [2.75, 3.05) is 0 Å². The van der Waals surface area contributed by atoms with Gasteiger partial charge in [0.05, 0.1) is 12.2 Å². The third-order valence-electron chi connectivity index (χ3n) is 4.30. The highest BCUT2D eigenvalue weighted by molar-refractivity contribution is 7.89. The zero-order chi connectivity index (χ0) is 18.3. The fourth-order valence-corrected chi connectivity index (χ4v) is 4.21. The zero-order valence-corrected chi connectivity index (χ0v) is 15.6. The molecule has 0 unspecified atom stereocenters. The van der Waals surface area contributed by atoms with E-state index in [1.807, 2.05) is 12.1 Å². The smallest absolute Gasteiger partial charge is 0.244 e. The largest absolute Gasteiger partial charge is 0.364 e. The average molecular weight is 393 g/mol. The molecule has 2 heterocycles. The summed E-state index contributed by atoms with van der Waals surface area (Å²) in [7, 11) is -1.97. The van der Waals surface area contributed by atoms with Crippen molar-refractivity contribution in [3.8, 4) is 11.1 Å². The first-order valence-electron chi connectivity index (χ1n) is 8.16. The van der Waals surface area contributed by atoms with Gasteiger partial charge in [-0.25, -0.2) is 13.1 Å². The van der Waals surface area contributed by atoms with Crippen molar-refractivity contribution in [1.29, 1.82) is 0 Å². The summed E-state index contributed by atoms with van der Waals surface area (Å²) in [5.41, 5.74) is 2.72. The third kappa shape index (κ3) is 3.40. The minimum atomic E-state index is -3.69. The standard InChI is InChI=1S/C17H17ClN4O3S/c1-22-9-16(17(20-22)12-2-3-12)26(23,24)19-8-15-14(10-25-21-15)11-4-6-13(18)7-5-11/h4-7,9-10,12,19H,2-3,8H2,1H3. The maximum atomic E-state index is 12.7. The van der Waals surface area contributed by atoms with E-state index in [1.165, 1.54) is 10.9 Å². The summed E-state index contributed by atoms with van der Waals surface area (Å²) in [5.74, 6) is 0.236. The molecule has 1 N–H and O–H groups in total. The highest BCUT2D eigenvalue weighted by Gasteiger charge is 2.33. The molecule has 0 atom stereocenters. The molecule has 7 nitrogen and oxygen atoms in total. The molecule has 1 aliphatic rings. The molecular formula is C17H17ClN4O3S. The van der Waals surface area contributed by atoms with Crippen LogP contribution in [-0.4, -0.2) is 23.4 Å². The van der Waals surface area contributed by atoms with Crippen LogP contribution < -0.4 is 4.72 Å². The van der Waals surface area contributed by atoms with Gasteiger partial charge in [-0.05, 0) is 30.5 Å². The first-order chi connectivity index (χ1) is 12.4. The highest BCUT2D eigenvalue weighted by Crippen LogP contribution is 2.41. The molecule has 9 heteroatoms. The second kappa shape index (κ2) is 6.53. The van der Waals surface area contributed by atoms with Gasteiger partial charge in [0.25, 0.3) is 0 Å². The Labute approximate surface area is 156 Å². The molecule has 0 radical (unpaired) electrons. The second-order valence-electron chi connectivity index (χ2n) is 6.33. The maximum Gasteiger partial charge on any atom is 0.244 e. The molecule has 0 bridgehead atoms. The Morgan fingerprint density at radius 1 is 1.31 bits per heavy atom. The minimum Gasteiger partial charge on any atom is -0.364 e. The second-order valence-corrected chi connectivity index (χ2v) is 8.50. The first kappa shape index (κ1) is 17.3. The summed E-state index contributed by atoms with van der Waals surface area (Å²) < 4.78 is 34.7. The molecule has 1 aromatic carbocycles. The van der Waals surface area contributed by atoms with Crippen LogP contribution in [0.3, 0.4) is 0 Å². The van der Waals surface area contributed by atoms with Crippen molar-refractivity contribution in [1.82, 2.24) is 19.7 Å². The molecule has 0 saturated heterocycles. The maximum absolute atomic E-state index is 12.7. The lowest BCUT2D eigenvalue weighted by molar-refractivity contribution is 0.411. The average Bonchev–Trinajstić information content (AvgIpc) is 3.21. The van der Waals surface area contributed by atoms with Crippen LogP contribution in [0.2, 0.25) is 5.02 Å². The Kier molecular flexibility index (Phi) is 4.34. The van der Waals surface area contributed by atoms with E-state index < -0.39 is 10.0 Å². The normalized spacial score (nSPS) is 14.7. The number of halogens is 1. The fourth-order valence-electron chi connectivity index (χ4n) is 2.82. The molecule has 1 aliphatic carbocycles. The van der Waals surface area contributed by atoms with Gasteiger partial charge < -0.3 is 4.52 Å². The van der Waals surface area contributed by atoms with Crippen LogP contribution in [0.5, 0.6) is 0 Å². The topological polar surface area (TPSA) is 90.0 Å². The lowest BCUT2D eigenvalue weighted by atomic mass is 10.1. The van der Waals surface area contributed by atoms with E-state index in [9.17, 15) is 8.42 Å². The van der Waals surface area contributed by atoms with Gasteiger partial charge in [-0.3, -0.25) is 4.68 Å². The number of sulfonamides is 1. The predicted molar refractivity (Wildman–Crippen MR) is 96.2 cm³/mol. The Hall–Kier alpha value is -2.16. The van der Waals surface area contributed by atoms with E-state index in [4.69, 9.17) is 16.1 Å². The van der Waals surface area contributed by atoms with Crippen molar-refractivity contribution < 1.29 is 12.9 Å². The van der Waals surface area contributed by atoms with E-state index in [0.717, 1.165) is 24.0 Å². The van der Waals surface area contributed by atoms with E-state index >= 15 is 0 Å². The molecule has 26 heavy (non-hydrogen) atoms. The Morgan fingerprint density at radius 3 is 2.73 bits per heavy atom. The molecule has 0 aliphatic heterocycles. The highest BCUT2D eigenvalue weighted by atomic mass is 35.5. The summed E-state index contributed by atoms with van der Waals surface area (Å²) in [6.45, 7) is 0.0236. The number of aryl methyl sites for hydroxylation is 1. The fraction of sp³-hybridized carbons (Fsp3) is 0.294. The van der Waals surface area contributed by atoms with Crippen molar-refractivity contribution in [2.24, 2.45) is 7.05 Å². The van der Waals surface area contributed by atoms with Crippen LogP contribution >= 0.6 is 11.6 Å². The van der Waals surface area contributed by atoms with Crippen molar-refractivity contribution in [3.63, 3.8) is 0 Å². The van der Waals surface area contributed by atoms with Gasteiger partial charge in [-0.15, -0.1) is 0 Å². The minimum absolute atomic E-state index is 0.0236. The van der Waals surface area contributed by atoms with Crippen LogP contribution in [0.15, 0.2) is 46.1 Å². The lowest BCUT2D eigenvalue weighted by Crippen LogP contribution is -2.24. The summed E-state index contributed by atoms with van der Waals surface area (Å²) in [4.78, 5) is 0.235. The van der Waals surface area contributed by atoms with Gasteiger partial charge in [0.15, 0.2) is 0 Å². The molecule has 3 aromatic rings. The molecule has 2 aromatic heterocycles. The SMILES string of the molecule is Cn1cc(S(=O)(=O)NCc2nocc2-c2ccc(Cl)cc2)c(C2CC2)n1. The Morgan fingerprint density at radius 2 is 2.04 bits per heavy atom. The van der Waals surface area contributed by atoms with Crippen molar-refractivity contribution >= 4 is 21.6 Å². The van der Waals surface area contributed by atoms with Gasteiger partial charge in [0.2, 0.25) is 10.0 Å². The van der Waals surface area contributed by atoms with Crippen LogP contribution in [-0.2, 0) is 23.6 Å². The van der Waals surface area contributed by atoms with Crippen molar-refractivity contribution in [2.45, 2.75) is 30.2 Å². The van der Waals surface area contributed by atoms with Gasteiger partial charge in [0, 0.05) is 29.7 Å². The predicted octanol–water partition coefficient (Wildman–Crippen LogP) is 3.08. The van der Waals surface area contributed by atoms with Crippen LogP contribution in [0.25, 0.3) is 11.1 Å². The molecular weight excluding hydrogens is 376 g/mol. The number of aromatic nitrogens is 3. The van der Waals surface area contributed by atoms with E-state index in [2.05, 4.69) is 15.0 Å². The van der Waals surface area contributed by atoms with Crippen LogP contribution in [0, 0.1) is 0 Å². The molecule has 0 amide bonds. The number of rotatable bonds is 6. The number of nitrogens with one attached hydrogen (secondary N) is 1. The Balaban J connectivity index is 1.56. The lowest BCUT2D eigenvalue weighted by Gasteiger charge is -2.06. The number of hydrogen-bond acceptors (Lipinski definition) is 5. The summed E-state index contributed by atoms with van der Waals surface area (Å²) in [6.07, 6.45) is 4.98. The quantitative estimate of drug-likeness (QED) is 0.696. The molecule has 4 rings (SSSR count). The number of hydrogen-bond donors (Lipinski definition) is 1. The molecule has 1 fully saturated rings.